The molecule has 0 bridgehead atoms. The van der Waals surface area contributed by atoms with Crippen LogP contribution in [0, 0.1) is 5.82 Å². The fourth-order valence-electron chi connectivity index (χ4n) is 4.03. The molecule has 0 unspecified atom stereocenters. The number of rotatable bonds is 6. The van der Waals surface area contributed by atoms with E-state index in [1.165, 1.54) is 12.1 Å². The SMILES string of the molecule is O=C(NCCN1CCOCC1)C1=NO[C@]2(CCN(Cc3ccc(F)cc3)C2)C1. The van der Waals surface area contributed by atoms with Gasteiger partial charge in [0.25, 0.3) is 5.91 Å². The van der Waals surface area contributed by atoms with Crippen LogP contribution in [-0.4, -0.2) is 79.5 Å². The van der Waals surface area contributed by atoms with Crippen molar-refractivity contribution in [3.63, 3.8) is 0 Å². The number of benzene rings is 1. The summed E-state index contributed by atoms with van der Waals surface area (Å²) in [6, 6.07) is 6.57. The number of oxime groups is 1. The van der Waals surface area contributed by atoms with E-state index in [1.807, 2.05) is 0 Å². The molecule has 3 heterocycles. The van der Waals surface area contributed by atoms with E-state index in [-0.39, 0.29) is 11.7 Å². The lowest BCUT2D eigenvalue weighted by atomic mass is 9.96. The molecule has 1 N–H and O–H groups in total. The molecule has 7 nitrogen and oxygen atoms in total. The van der Waals surface area contributed by atoms with Gasteiger partial charge >= 0.3 is 0 Å². The van der Waals surface area contributed by atoms with Crippen LogP contribution < -0.4 is 5.32 Å². The fraction of sp³-hybridized carbons (Fsp3) is 0.600. The molecule has 1 aromatic carbocycles. The number of hydrogen-bond acceptors (Lipinski definition) is 6. The van der Waals surface area contributed by atoms with Crippen LogP contribution in [-0.2, 0) is 20.9 Å². The summed E-state index contributed by atoms with van der Waals surface area (Å²) in [5.41, 5.74) is 1.14. The zero-order valence-corrected chi connectivity index (χ0v) is 16.0. The second-order valence-electron chi connectivity index (χ2n) is 7.79. The Balaban J connectivity index is 1.21. The van der Waals surface area contributed by atoms with E-state index >= 15 is 0 Å². The van der Waals surface area contributed by atoms with Crippen LogP contribution in [0.2, 0.25) is 0 Å². The number of carbonyl (C=O) groups is 1. The van der Waals surface area contributed by atoms with E-state index in [2.05, 4.69) is 20.3 Å². The first kappa shape index (κ1) is 19.3. The quantitative estimate of drug-likeness (QED) is 0.785. The van der Waals surface area contributed by atoms with Crippen LogP contribution in [0.1, 0.15) is 18.4 Å². The zero-order chi connectivity index (χ0) is 19.4. The number of nitrogens with zero attached hydrogens (tertiary/aromatic N) is 3. The van der Waals surface area contributed by atoms with E-state index in [0.29, 0.717) is 18.7 Å². The van der Waals surface area contributed by atoms with Crippen molar-refractivity contribution in [3.05, 3.63) is 35.6 Å². The van der Waals surface area contributed by atoms with Crippen LogP contribution in [0.3, 0.4) is 0 Å². The Labute approximate surface area is 164 Å². The molecule has 152 valence electrons. The Kier molecular flexibility index (Phi) is 5.89. The van der Waals surface area contributed by atoms with E-state index in [1.54, 1.807) is 12.1 Å². The van der Waals surface area contributed by atoms with Crippen LogP contribution >= 0.6 is 0 Å². The lowest BCUT2D eigenvalue weighted by Gasteiger charge is -2.26. The van der Waals surface area contributed by atoms with Crippen LogP contribution in [0.15, 0.2) is 29.4 Å². The highest BCUT2D eigenvalue weighted by atomic mass is 19.1. The molecule has 28 heavy (non-hydrogen) atoms. The smallest absolute Gasteiger partial charge is 0.269 e. The Hall–Kier alpha value is -2.03. The predicted octanol–water partition coefficient (Wildman–Crippen LogP) is 0.995. The lowest BCUT2D eigenvalue weighted by molar-refractivity contribution is -0.115. The third-order valence-electron chi connectivity index (χ3n) is 5.63. The van der Waals surface area contributed by atoms with E-state index in [9.17, 15) is 9.18 Å². The molecule has 8 heteroatoms. The minimum Gasteiger partial charge on any atom is -0.387 e. The molecule has 4 rings (SSSR count). The summed E-state index contributed by atoms with van der Waals surface area (Å²) < 4.78 is 18.4. The molecule has 1 aromatic rings. The molecule has 2 saturated heterocycles. The number of ether oxygens (including phenoxy) is 1. The lowest BCUT2D eigenvalue weighted by Crippen LogP contribution is -2.43. The van der Waals surface area contributed by atoms with Gasteiger partial charge in [-0.2, -0.15) is 0 Å². The molecule has 0 aromatic heterocycles. The number of nitrogens with one attached hydrogen (secondary N) is 1. The maximum Gasteiger partial charge on any atom is 0.269 e. The standard InChI is InChI=1S/C20H27FN4O3/c21-17-3-1-16(2-4-17)14-25-7-5-20(15-25)13-18(23-28-20)19(26)22-6-8-24-9-11-27-12-10-24/h1-4H,5-15H2,(H,22,26)/t20-/m1/s1. The Bertz CT molecular complexity index is 721. The average molecular weight is 390 g/mol. The number of halogens is 1. The molecule has 1 amide bonds. The molecular weight excluding hydrogens is 363 g/mol. The summed E-state index contributed by atoms with van der Waals surface area (Å²) in [6.07, 6.45) is 1.37. The summed E-state index contributed by atoms with van der Waals surface area (Å²) >= 11 is 0. The van der Waals surface area contributed by atoms with Gasteiger partial charge in [0.05, 0.1) is 13.2 Å². The van der Waals surface area contributed by atoms with Crippen LogP contribution in [0.5, 0.6) is 0 Å². The van der Waals surface area contributed by atoms with Gasteiger partial charge in [-0.3, -0.25) is 14.6 Å². The highest BCUT2D eigenvalue weighted by molar-refractivity contribution is 6.39. The topological polar surface area (TPSA) is 66.4 Å². The second-order valence-corrected chi connectivity index (χ2v) is 7.79. The summed E-state index contributed by atoms with van der Waals surface area (Å²) in [5.74, 6) is -0.361. The summed E-state index contributed by atoms with van der Waals surface area (Å²) in [5, 5.41) is 7.04. The van der Waals surface area contributed by atoms with Crippen molar-refractivity contribution in [2.75, 3.05) is 52.5 Å². The van der Waals surface area contributed by atoms with Crippen molar-refractivity contribution in [1.29, 1.82) is 0 Å². The van der Waals surface area contributed by atoms with Crippen LogP contribution in [0.25, 0.3) is 0 Å². The van der Waals surface area contributed by atoms with Crippen molar-refractivity contribution in [2.24, 2.45) is 5.16 Å². The summed E-state index contributed by atoms with van der Waals surface area (Å²) in [4.78, 5) is 22.7. The third-order valence-corrected chi connectivity index (χ3v) is 5.63. The van der Waals surface area contributed by atoms with E-state index in [4.69, 9.17) is 9.57 Å². The van der Waals surface area contributed by atoms with Crippen molar-refractivity contribution in [1.82, 2.24) is 15.1 Å². The number of hydrogen-bond donors (Lipinski definition) is 1. The monoisotopic (exact) mass is 390 g/mol. The minimum atomic E-state index is -0.406. The van der Waals surface area contributed by atoms with Gasteiger partial charge in [0.15, 0.2) is 5.60 Å². The average Bonchev–Trinajstić information content (AvgIpc) is 3.31. The normalized spacial score (nSPS) is 25.7. The first-order valence-electron chi connectivity index (χ1n) is 9.92. The van der Waals surface area contributed by atoms with Crippen molar-refractivity contribution < 1.29 is 18.8 Å². The van der Waals surface area contributed by atoms with Crippen molar-refractivity contribution in [2.45, 2.75) is 25.0 Å². The van der Waals surface area contributed by atoms with Gasteiger partial charge in [0.2, 0.25) is 0 Å². The maximum absolute atomic E-state index is 13.1. The van der Waals surface area contributed by atoms with E-state index < -0.39 is 5.60 Å². The molecule has 2 fully saturated rings. The molecule has 0 radical (unpaired) electrons. The number of carbonyl (C=O) groups excluding carboxylic acids is 1. The fourth-order valence-corrected chi connectivity index (χ4v) is 4.03. The summed E-state index contributed by atoms with van der Waals surface area (Å²) in [6.45, 7) is 7.09. The van der Waals surface area contributed by atoms with Gasteiger partial charge in [-0.15, -0.1) is 0 Å². The Morgan fingerprint density at radius 1 is 1.18 bits per heavy atom. The molecule has 3 aliphatic heterocycles. The van der Waals surface area contributed by atoms with Gasteiger partial charge < -0.3 is 14.9 Å². The van der Waals surface area contributed by atoms with Crippen LogP contribution in [0.4, 0.5) is 4.39 Å². The first-order valence-corrected chi connectivity index (χ1v) is 9.92. The summed E-state index contributed by atoms with van der Waals surface area (Å²) in [7, 11) is 0. The Morgan fingerprint density at radius 2 is 1.96 bits per heavy atom. The van der Waals surface area contributed by atoms with Gasteiger partial charge in [0, 0.05) is 58.7 Å². The molecule has 0 aliphatic carbocycles. The first-order chi connectivity index (χ1) is 13.6. The molecule has 1 atom stereocenters. The third kappa shape index (κ3) is 4.68. The molecular formula is C20H27FN4O3. The molecule has 1 spiro atoms. The highest BCUT2D eigenvalue weighted by Crippen LogP contribution is 2.34. The number of amides is 1. The zero-order valence-electron chi connectivity index (χ0n) is 16.0. The molecule has 3 aliphatic rings. The van der Waals surface area contributed by atoms with Gasteiger partial charge in [-0.1, -0.05) is 17.3 Å². The maximum atomic E-state index is 13.1. The highest BCUT2D eigenvalue weighted by Gasteiger charge is 2.46. The minimum absolute atomic E-state index is 0.137. The van der Waals surface area contributed by atoms with Gasteiger partial charge in [-0.05, 0) is 17.7 Å². The predicted molar refractivity (Wildman–Crippen MR) is 102 cm³/mol. The number of likely N-dealkylation sites (tertiary alicyclic amines) is 1. The van der Waals surface area contributed by atoms with Gasteiger partial charge in [-0.25, -0.2) is 4.39 Å². The van der Waals surface area contributed by atoms with E-state index in [0.717, 1.165) is 64.5 Å². The van der Waals surface area contributed by atoms with Crippen molar-refractivity contribution >= 4 is 11.6 Å². The largest absolute Gasteiger partial charge is 0.387 e. The van der Waals surface area contributed by atoms with Gasteiger partial charge in [0.1, 0.15) is 11.5 Å². The number of morpholine rings is 1. The Morgan fingerprint density at radius 3 is 2.75 bits per heavy atom. The second kappa shape index (κ2) is 8.55. The van der Waals surface area contributed by atoms with Crippen molar-refractivity contribution in [3.8, 4) is 0 Å². The molecule has 0 saturated carbocycles.